The summed E-state index contributed by atoms with van der Waals surface area (Å²) in [5.41, 5.74) is -1.14. The van der Waals surface area contributed by atoms with Crippen molar-refractivity contribution in [2.75, 3.05) is 13.2 Å². The van der Waals surface area contributed by atoms with Gasteiger partial charge in [0, 0.05) is 12.1 Å². The molecular weight excluding hydrogens is 338 g/mol. The number of ether oxygens (including phenoxy) is 1. The third kappa shape index (κ3) is 3.21. The molecule has 1 saturated heterocycles. The minimum Gasteiger partial charge on any atom is -0.492 e. The standard InChI is InChI=1S/C18H17N3O5/c1-18(13-6-5-7-14(12-13)21(24)25)16(22)20(17(23)19-18)10-11-26-15-8-3-2-4-9-15/h2-9,12H,10-11H2,1H3,(H,19,23)/t18-/m1/s1. The molecule has 3 amide bonds. The van der Waals surface area contributed by atoms with E-state index in [0.717, 1.165) is 4.90 Å². The number of non-ortho nitro benzene ring substituents is 1. The molecule has 0 unspecified atom stereocenters. The number of nitrogens with one attached hydrogen (secondary N) is 1. The Kier molecular flexibility index (Phi) is 4.57. The smallest absolute Gasteiger partial charge is 0.325 e. The van der Waals surface area contributed by atoms with Gasteiger partial charge in [0.15, 0.2) is 0 Å². The third-order valence-electron chi connectivity index (χ3n) is 4.24. The Hall–Kier alpha value is -3.42. The van der Waals surface area contributed by atoms with Gasteiger partial charge in [0.25, 0.3) is 11.6 Å². The number of para-hydroxylation sites is 1. The zero-order valence-corrected chi connectivity index (χ0v) is 14.0. The van der Waals surface area contributed by atoms with Crippen LogP contribution in [0.15, 0.2) is 54.6 Å². The van der Waals surface area contributed by atoms with E-state index in [-0.39, 0.29) is 18.8 Å². The maximum absolute atomic E-state index is 12.8. The summed E-state index contributed by atoms with van der Waals surface area (Å²) in [6.45, 7) is 1.75. The van der Waals surface area contributed by atoms with Gasteiger partial charge in [0.05, 0.1) is 11.5 Å². The van der Waals surface area contributed by atoms with Gasteiger partial charge < -0.3 is 10.1 Å². The molecule has 1 N–H and O–H groups in total. The van der Waals surface area contributed by atoms with Crippen LogP contribution in [0.4, 0.5) is 10.5 Å². The number of nitro benzene ring substituents is 1. The highest BCUT2D eigenvalue weighted by Gasteiger charge is 2.49. The first-order valence-corrected chi connectivity index (χ1v) is 7.99. The average molecular weight is 355 g/mol. The van der Waals surface area contributed by atoms with Crippen LogP contribution in [0.2, 0.25) is 0 Å². The van der Waals surface area contributed by atoms with Gasteiger partial charge in [-0.15, -0.1) is 0 Å². The monoisotopic (exact) mass is 355 g/mol. The second kappa shape index (κ2) is 6.83. The molecule has 134 valence electrons. The van der Waals surface area contributed by atoms with Crippen LogP contribution in [0.1, 0.15) is 12.5 Å². The summed E-state index contributed by atoms with van der Waals surface area (Å²) in [4.78, 5) is 36.5. The fourth-order valence-corrected chi connectivity index (χ4v) is 2.80. The Balaban J connectivity index is 1.73. The average Bonchev–Trinajstić information content (AvgIpc) is 2.87. The van der Waals surface area contributed by atoms with Crippen molar-refractivity contribution in [2.45, 2.75) is 12.5 Å². The van der Waals surface area contributed by atoms with Gasteiger partial charge in [-0.05, 0) is 24.6 Å². The molecule has 1 aliphatic rings. The van der Waals surface area contributed by atoms with Crippen molar-refractivity contribution >= 4 is 17.6 Å². The Morgan fingerprint density at radius 3 is 2.58 bits per heavy atom. The van der Waals surface area contributed by atoms with Gasteiger partial charge in [0.1, 0.15) is 17.9 Å². The molecule has 2 aromatic rings. The topological polar surface area (TPSA) is 102 Å². The Morgan fingerprint density at radius 2 is 1.88 bits per heavy atom. The molecule has 0 bridgehead atoms. The highest BCUT2D eigenvalue weighted by atomic mass is 16.6. The van der Waals surface area contributed by atoms with E-state index in [2.05, 4.69) is 5.32 Å². The summed E-state index contributed by atoms with van der Waals surface area (Å²) in [5.74, 6) is 0.167. The van der Waals surface area contributed by atoms with Crippen molar-refractivity contribution in [1.29, 1.82) is 0 Å². The van der Waals surface area contributed by atoms with Crippen molar-refractivity contribution in [3.05, 3.63) is 70.3 Å². The molecule has 1 fully saturated rings. The molecule has 1 heterocycles. The first kappa shape index (κ1) is 17.4. The Morgan fingerprint density at radius 1 is 1.15 bits per heavy atom. The molecule has 26 heavy (non-hydrogen) atoms. The zero-order chi connectivity index (χ0) is 18.7. The summed E-state index contributed by atoms with van der Waals surface area (Å²) >= 11 is 0. The number of carbonyl (C=O) groups is 2. The molecule has 2 aromatic carbocycles. The molecule has 8 nitrogen and oxygen atoms in total. The van der Waals surface area contributed by atoms with Crippen LogP contribution in [0.25, 0.3) is 0 Å². The summed E-state index contributed by atoms with van der Waals surface area (Å²) in [5, 5.41) is 13.6. The Labute approximate surface area is 149 Å². The highest BCUT2D eigenvalue weighted by molar-refractivity contribution is 6.07. The minimum absolute atomic E-state index is 0.0735. The van der Waals surface area contributed by atoms with Crippen molar-refractivity contribution in [2.24, 2.45) is 0 Å². The molecule has 1 aliphatic heterocycles. The van der Waals surface area contributed by atoms with Crippen LogP contribution in [0.5, 0.6) is 5.75 Å². The number of nitrogens with zero attached hydrogens (tertiary/aromatic N) is 2. The number of carbonyl (C=O) groups excluding carboxylic acids is 2. The van der Waals surface area contributed by atoms with Crippen molar-refractivity contribution in [3.8, 4) is 5.75 Å². The van der Waals surface area contributed by atoms with Crippen molar-refractivity contribution < 1.29 is 19.2 Å². The van der Waals surface area contributed by atoms with Gasteiger partial charge in [-0.2, -0.15) is 0 Å². The first-order valence-electron chi connectivity index (χ1n) is 7.99. The summed E-state index contributed by atoms with van der Waals surface area (Å²) in [6.07, 6.45) is 0. The normalized spacial score (nSPS) is 19.3. The van der Waals surface area contributed by atoms with Crippen molar-refractivity contribution in [1.82, 2.24) is 10.2 Å². The van der Waals surface area contributed by atoms with E-state index in [1.165, 1.54) is 25.1 Å². The van der Waals surface area contributed by atoms with Crippen LogP contribution in [-0.2, 0) is 10.3 Å². The predicted molar refractivity (Wildman–Crippen MR) is 92.6 cm³/mol. The lowest BCUT2D eigenvalue weighted by Crippen LogP contribution is -2.41. The van der Waals surface area contributed by atoms with E-state index < -0.39 is 22.4 Å². The number of nitro groups is 1. The number of amides is 3. The molecule has 0 spiro atoms. The van der Waals surface area contributed by atoms with E-state index >= 15 is 0 Å². The molecule has 0 aromatic heterocycles. The fourth-order valence-electron chi connectivity index (χ4n) is 2.80. The lowest BCUT2D eigenvalue weighted by Gasteiger charge is -2.22. The van der Waals surface area contributed by atoms with E-state index in [1.54, 1.807) is 18.2 Å². The number of urea groups is 1. The van der Waals surface area contributed by atoms with E-state index in [4.69, 9.17) is 4.74 Å². The van der Waals surface area contributed by atoms with E-state index in [1.807, 2.05) is 18.2 Å². The summed E-state index contributed by atoms with van der Waals surface area (Å²) in [7, 11) is 0. The molecule has 0 saturated carbocycles. The molecule has 1 atom stereocenters. The molecule has 8 heteroatoms. The molecule has 0 radical (unpaired) electrons. The number of rotatable bonds is 6. The van der Waals surface area contributed by atoms with E-state index in [0.29, 0.717) is 11.3 Å². The third-order valence-corrected chi connectivity index (χ3v) is 4.24. The van der Waals surface area contributed by atoms with Crippen LogP contribution < -0.4 is 10.1 Å². The van der Waals surface area contributed by atoms with Gasteiger partial charge in [-0.1, -0.05) is 30.3 Å². The molecule has 3 rings (SSSR count). The quantitative estimate of drug-likeness (QED) is 0.487. The zero-order valence-electron chi connectivity index (χ0n) is 14.0. The highest BCUT2D eigenvalue weighted by Crippen LogP contribution is 2.30. The minimum atomic E-state index is -1.35. The number of hydrogen-bond acceptors (Lipinski definition) is 5. The molecule has 0 aliphatic carbocycles. The van der Waals surface area contributed by atoms with Gasteiger partial charge in [-0.3, -0.25) is 19.8 Å². The van der Waals surface area contributed by atoms with Crippen LogP contribution in [-0.4, -0.2) is 34.9 Å². The van der Waals surface area contributed by atoms with Crippen molar-refractivity contribution in [3.63, 3.8) is 0 Å². The maximum Gasteiger partial charge on any atom is 0.325 e. The van der Waals surface area contributed by atoms with Crippen LogP contribution >= 0.6 is 0 Å². The molecular formula is C18H17N3O5. The van der Waals surface area contributed by atoms with E-state index in [9.17, 15) is 19.7 Å². The second-order valence-corrected chi connectivity index (χ2v) is 5.98. The first-order chi connectivity index (χ1) is 12.4. The number of imide groups is 1. The summed E-state index contributed by atoms with van der Waals surface area (Å²) < 4.78 is 5.53. The SMILES string of the molecule is C[C@]1(c2cccc([N+](=O)[O-])c2)NC(=O)N(CCOc2ccccc2)C1=O. The van der Waals surface area contributed by atoms with Gasteiger partial charge in [0.2, 0.25) is 0 Å². The van der Waals surface area contributed by atoms with Crippen LogP contribution in [0, 0.1) is 10.1 Å². The lowest BCUT2D eigenvalue weighted by molar-refractivity contribution is -0.385. The van der Waals surface area contributed by atoms with Gasteiger partial charge in [-0.25, -0.2) is 4.79 Å². The maximum atomic E-state index is 12.8. The lowest BCUT2D eigenvalue weighted by atomic mass is 9.91. The largest absolute Gasteiger partial charge is 0.492 e. The fraction of sp³-hybridized carbons (Fsp3) is 0.222. The predicted octanol–water partition coefficient (Wildman–Crippen LogP) is 2.44. The summed E-state index contributed by atoms with van der Waals surface area (Å²) in [6, 6.07) is 14.2. The number of hydrogen-bond donors (Lipinski definition) is 1. The van der Waals surface area contributed by atoms with Crippen LogP contribution in [0.3, 0.4) is 0 Å². The van der Waals surface area contributed by atoms with Gasteiger partial charge >= 0.3 is 6.03 Å². The second-order valence-electron chi connectivity index (χ2n) is 5.98. The number of benzene rings is 2. The Bertz CT molecular complexity index is 855.